The molecule has 1 aromatic rings. The van der Waals surface area contributed by atoms with E-state index >= 15 is 0 Å². The summed E-state index contributed by atoms with van der Waals surface area (Å²) >= 11 is 3.27. The fourth-order valence-electron chi connectivity index (χ4n) is 4.50. The number of rotatable bonds is 4. The quantitative estimate of drug-likeness (QED) is 0.297. The van der Waals surface area contributed by atoms with Crippen LogP contribution in [0.3, 0.4) is 0 Å². The summed E-state index contributed by atoms with van der Waals surface area (Å²) in [5.41, 5.74) is 9.56. The topological polar surface area (TPSA) is 0 Å². The molecule has 2 aliphatic rings. The van der Waals surface area contributed by atoms with Crippen LogP contribution in [-0.2, 0) is 11.9 Å². The van der Waals surface area contributed by atoms with Crippen LogP contribution in [0.25, 0.3) is 6.08 Å². The van der Waals surface area contributed by atoms with Gasteiger partial charge >= 0.3 is 172 Å². The zero-order chi connectivity index (χ0) is 17.7. The van der Waals surface area contributed by atoms with E-state index in [1.807, 2.05) is 0 Å². The second kappa shape index (κ2) is 7.07. The zero-order valence-electron chi connectivity index (χ0n) is 15.2. The van der Waals surface area contributed by atoms with Gasteiger partial charge in [-0.1, -0.05) is 0 Å². The van der Waals surface area contributed by atoms with Crippen LogP contribution in [0.5, 0.6) is 0 Å². The molecule has 3 heteroatoms. The molecule has 0 bridgehead atoms. The van der Waals surface area contributed by atoms with Gasteiger partial charge in [-0.05, 0) is 0 Å². The fourth-order valence-corrected chi connectivity index (χ4v) is 27.0. The van der Waals surface area contributed by atoms with Crippen molar-refractivity contribution >= 4 is 42.2 Å². The second-order valence-corrected chi connectivity index (χ2v) is 46.7. The van der Waals surface area contributed by atoms with E-state index in [1.54, 1.807) is 27.9 Å². The summed E-state index contributed by atoms with van der Waals surface area (Å²) < 4.78 is 0.967. The van der Waals surface area contributed by atoms with Crippen LogP contribution in [0.15, 0.2) is 52.6 Å². The van der Waals surface area contributed by atoms with E-state index in [0.29, 0.717) is 6.75 Å². The first-order valence-electron chi connectivity index (χ1n) is 8.80. The zero-order valence-corrected chi connectivity index (χ0v) is 22.0. The van der Waals surface area contributed by atoms with Crippen molar-refractivity contribution < 1.29 is 11.9 Å². The molecular weight excluding hydrogens is 597 g/mol. The van der Waals surface area contributed by atoms with Gasteiger partial charge in [-0.2, -0.15) is 0 Å². The molecule has 128 valence electrons. The second-order valence-electron chi connectivity index (χ2n) is 7.32. The number of fused-ring (bicyclic) bond motifs is 1. The molecule has 24 heavy (non-hydrogen) atoms. The molecule has 0 radical (unpaired) electrons. The van der Waals surface area contributed by atoms with E-state index in [-0.39, 0.29) is 0 Å². The molecule has 0 fully saturated rings. The van der Waals surface area contributed by atoms with Gasteiger partial charge in [0.2, 0.25) is 0 Å². The minimum atomic E-state index is -2.65. The van der Waals surface area contributed by atoms with Crippen LogP contribution >= 0.6 is 36.1 Å². The molecule has 0 nitrogen and oxygen atoms in total. The average molecular weight is 623 g/mol. The third-order valence-electron chi connectivity index (χ3n) is 6.29. The Morgan fingerprint density at radius 1 is 1.08 bits per heavy atom. The van der Waals surface area contributed by atoms with E-state index < -0.39 is 11.9 Å². The predicted molar refractivity (Wildman–Crippen MR) is 121 cm³/mol. The van der Waals surface area contributed by atoms with E-state index in [0.717, 1.165) is 0 Å². The van der Waals surface area contributed by atoms with Gasteiger partial charge in [0.05, 0.1) is 0 Å². The van der Waals surface area contributed by atoms with Crippen molar-refractivity contribution in [2.24, 2.45) is 0 Å². The number of hydrogen-bond donors (Lipinski definition) is 0. The summed E-state index contributed by atoms with van der Waals surface area (Å²) in [7, 11) is 0. The van der Waals surface area contributed by atoms with Gasteiger partial charge in [0, 0.05) is 0 Å². The van der Waals surface area contributed by atoms with Crippen LogP contribution in [-0.4, -0.2) is 0 Å². The summed E-state index contributed by atoms with van der Waals surface area (Å²) in [6.07, 6.45) is 7.38. The molecule has 0 amide bonds. The van der Waals surface area contributed by atoms with Gasteiger partial charge in [-0.3, -0.25) is 0 Å². The molecule has 0 aromatic heterocycles. The standard InChI is InChI=1S/C12H19.C9H7.2HI.Zr/c1-6-7-12-10(4)8(2)9(3)11(12)5;1-2-5-9-7-3-6-8(9)4-1;;;/h6-7H2,1-5H3;1-7H;2*1H;/q;;;;+2/p-2. The van der Waals surface area contributed by atoms with Crippen molar-refractivity contribution in [2.45, 2.75) is 54.2 Å². The normalized spacial score (nSPS) is 26.5. The first kappa shape index (κ1) is 19.5. The molecule has 0 saturated carbocycles. The molecular formula is C21H26I2Zr. The first-order valence-corrected chi connectivity index (χ1v) is 26.1. The van der Waals surface area contributed by atoms with Crippen LogP contribution in [0, 0.1) is 0 Å². The Bertz CT molecular complexity index is 770. The van der Waals surface area contributed by atoms with E-state index in [1.165, 1.54) is 18.4 Å². The number of benzene rings is 1. The third-order valence-corrected chi connectivity index (χ3v) is 35.1. The molecule has 2 unspecified atom stereocenters. The van der Waals surface area contributed by atoms with Crippen LogP contribution in [0.2, 0.25) is 3.12 Å². The van der Waals surface area contributed by atoms with Crippen molar-refractivity contribution in [2.75, 3.05) is 0 Å². The summed E-state index contributed by atoms with van der Waals surface area (Å²) in [4.78, 5) is 0. The van der Waals surface area contributed by atoms with Gasteiger partial charge in [0.15, 0.2) is 0 Å². The molecule has 0 aliphatic heterocycles. The van der Waals surface area contributed by atoms with Gasteiger partial charge in [-0.25, -0.2) is 0 Å². The van der Waals surface area contributed by atoms with Crippen LogP contribution in [0.4, 0.5) is 0 Å². The Morgan fingerprint density at radius 3 is 2.42 bits per heavy atom. The van der Waals surface area contributed by atoms with Crippen LogP contribution in [0.1, 0.15) is 62.2 Å². The predicted octanol–water partition coefficient (Wildman–Crippen LogP) is 8.25. The number of halogens is 2. The number of allylic oxidation sites excluding steroid dienone is 5. The Labute approximate surface area is 170 Å². The summed E-state index contributed by atoms with van der Waals surface area (Å²) in [6.45, 7) is 12.0. The Kier molecular flexibility index (Phi) is 5.76. The molecule has 3 rings (SSSR count). The van der Waals surface area contributed by atoms with E-state index in [2.05, 4.69) is 107 Å². The van der Waals surface area contributed by atoms with Gasteiger partial charge in [-0.15, -0.1) is 0 Å². The Balaban J connectivity index is 2.14. The first-order chi connectivity index (χ1) is 11.3. The molecule has 2 aliphatic carbocycles. The van der Waals surface area contributed by atoms with Crippen molar-refractivity contribution in [1.82, 2.24) is 0 Å². The third kappa shape index (κ3) is 2.74. The van der Waals surface area contributed by atoms with Crippen molar-refractivity contribution in [1.29, 1.82) is 0 Å². The van der Waals surface area contributed by atoms with Crippen molar-refractivity contribution in [3.8, 4) is 0 Å². The minimum absolute atomic E-state index is 0.312. The van der Waals surface area contributed by atoms with E-state index in [9.17, 15) is 0 Å². The van der Waals surface area contributed by atoms with Gasteiger partial charge in [0.25, 0.3) is 0 Å². The molecule has 1 aromatic carbocycles. The average Bonchev–Trinajstić information content (AvgIpc) is 3.07. The van der Waals surface area contributed by atoms with Crippen molar-refractivity contribution in [3.05, 3.63) is 63.8 Å². The summed E-state index contributed by atoms with van der Waals surface area (Å²) in [5.74, 6) is 0. The number of hydrogen-bond acceptors (Lipinski definition) is 0. The van der Waals surface area contributed by atoms with E-state index in [4.69, 9.17) is 0 Å². The monoisotopic (exact) mass is 622 g/mol. The molecule has 0 saturated heterocycles. The van der Waals surface area contributed by atoms with Crippen LogP contribution < -0.4 is 0 Å². The Hall–Kier alpha value is 0.783. The summed E-state index contributed by atoms with van der Waals surface area (Å²) in [5, 5.41) is 0. The molecule has 2 atom stereocenters. The summed E-state index contributed by atoms with van der Waals surface area (Å²) in [6, 6.07) is 9.03. The fraction of sp³-hybridized carbons (Fsp3) is 0.429. The van der Waals surface area contributed by atoms with Crippen molar-refractivity contribution in [3.63, 3.8) is 0 Å². The SMILES string of the molecule is CCCC1=C(C)C(C)=C(C)[C]1(C)[Zr]([I])([I])[CH]1C=Cc2ccccc21. The van der Waals surface area contributed by atoms with Gasteiger partial charge in [0.1, 0.15) is 0 Å². The van der Waals surface area contributed by atoms with Gasteiger partial charge < -0.3 is 0 Å². The Morgan fingerprint density at radius 2 is 1.75 bits per heavy atom. The maximum atomic E-state index is 2.96. The maximum absolute atomic E-state index is 2.96. The molecule has 0 N–H and O–H groups in total. The molecule has 0 spiro atoms. The molecule has 0 heterocycles.